The minimum atomic E-state index is 0.696. The summed E-state index contributed by atoms with van der Waals surface area (Å²) in [6.45, 7) is 2.27. The number of nitrogens with zero attached hydrogens (tertiary/aromatic N) is 3. The van der Waals surface area contributed by atoms with Gasteiger partial charge in [-0.2, -0.15) is 0 Å². The van der Waals surface area contributed by atoms with E-state index in [4.69, 9.17) is 0 Å². The molecule has 108 valence electrons. The van der Waals surface area contributed by atoms with Crippen LogP contribution in [0.3, 0.4) is 0 Å². The van der Waals surface area contributed by atoms with Gasteiger partial charge in [0.05, 0.1) is 5.33 Å². The highest BCUT2D eigenvalue weighted by atomic mass is 79.9. The number of aryl methyl sites for hydroxylation is 1. The maximum atomic E-state index is 4.38. The van der Waals surface area contributed by atoms with E-state index < -0.39 is 0 Å². The first-order valence-corrected chi connectivity index (χ1v) is 8.97. The summed E-state index contributed by atoms with van der Waals surface area (Å²) in [6, 6.07) is 0.696. The Balaban J connectivity index is 1.69. The first-order valence-electron chi connectivity index (χ1n) is 7.85. The fraction of sp³-hybridized carbons (Fsp3) is 0.867. The van der Waals surface area contributed by atoms with Crippen LogP contribution in [-0.2, 0) is 11.8 Å². The molecule has 3 nitrogen and oxygen atoms in total. The van der Waals surface area contributed by atoms with Crippen molar-refractivity contribution in [3.63, 3.8) is 0 Å². The summed E-state index contributed by atoms with van der Waals surface area (Å²) in [5.41, 5.74) is 0. The third-order valence-corrected chi connectivity index (χ3v) is 4.37. The molecule has 0 radical (unpaired) electrons. The molecule has 0 spiro atoms. The van der Waals surface area contributed by atoms with E-state index >= 15 is 0 Å². The Hall–Kier alpha value is -0.380. The quantitative estimate of drug-likeness (QED) is 0.456. The van der Waals surface area contributed by atoms with E-state index in [9.17, 15) is 0 Å². The third kappa shape index (κ3) is 4.59. The molecule has 19 heavy (non-hydrogen) atoms. The standard InChI is InChI=1S/C15H26BrN3/c1-2-3-4-5-6-7-8-9-14-17-18-15(12-16)19(14)13-10-11-13/h13H,2-12H2,1H3. The van der Waals surface area contributed by atoms with E-state index in [2.05, 4.69) is 37.6 Å². The second kappa shape index (κ2) is 8.03. The first kappa shape index (κ1) is 15.0. The van der Waals surface area contributed by atoms with Gasteiger partial charge in [0, 0.05) is 12.5 Å². The number of aromatic nitrogens is 3. The lowest BCUT2D eigenvalue weighted by Crippen LogP contribution is -2.05. The predicted molar refractivity (Wildman–Crippen MR) is 82.6 cm³/mol. The molecule has 0 atom stereocenters. The van der Waals surface area contributed by atoms with Gasteiger partial charge in [0.1, 0.15) is 11.6 Å². The fourth-order valence-electron chi connectivity index (χ4n) is 2.62. The summed E-state index contributed by atoms with van der Waals surface area (Å²) >= 11 is 3.51. The molecule has 1 aliphatic rings. The van der Waals surface area contributed by atoms with Crippen LogP contribution in [0.2, 0.25) is 0 Å². The highest BCUT2D eigenvalue weighted by Gasteiger charge is 2.28. The summed E-state index contributed by atoms with van der Waals surface area (Å²) in [7, 11) is 0. The largest absolute Gasteiger partial charge is 0.311 e. The molecule has 1 aliphatic carbocycles. The van der Waals surface area contributed by atoms with Gasteiger partial charge in [0.15, 0.2) is 0 Å². The average molecular weight is 328 g/mol. The van der Waals surface area contributed by atoms with Crippen LogP contribution in [0.1, 0.15) is 82.4 Å². The van der Waals surface area contributed by atoms with E-state index in [1.54, 1.807) is 0 Å². The van der Waals surface area contributed by atoms with Gasteiger partial charge in [-0.1, -0.05) is 61.4 Å². The Kier molecular flexibility index (Phi) is 6.35. The topological polar surface area (TPSA) is 30.7 Å². The van der Waals surface area contributed by atoms with Gasteiger partial charge in [-0.3, -0.25) is 0 Å². The first-order chi connectivity index (χ1) is 9.36. The number of alkyl halides is 1. The lowest BCUT2D eigenvalue weighted by molar-refractivity contribution is 0.571. The van der Waals surface area contributed by atoms with Crippen molar-refractivity contribution < 1.29 is 0 Å². The van der Waals surface area contributed by atoms with Crippen LogP contribution < -0.4 is 0 Å². The summed E-state index contributed by atoms with van der Waals surface area (Å²) < 4.78 is 2.38. The van der Waals surface area contributed by atoms with Gasteiger partial charge in [0.25, 0.3) is 0 Å². The van der Waals surface area contributed by atoms with Crippen LogP contribution >= 0.6 is 15.9 Å². The smallest absolute Gasteiger partial charge is 0.143 e. The van der Waals surface area contributed by atoms with Gasteiger partial charge in [-0.05, 0) is 19.3 Å². The highest BCUT2D eigenvalue weighted by Crippen LogP contribution is 2.37. The molecule has 0 bridgehead atoms. The normalized spacial score (nSPS) is 15.1. The van der Waals surface area contributed by atoms with Gasteiger partial charge >= 0.3 is 0 Å². The van der Waals surface area contributed by atoms with Crippen LogP contribution in [0.25, 0.3) is 0 Å². The molecule has 1 aromatic heterocycles. The van der Waals surface area contributed by atoms with Crippen molar-refractivity contribution in [2.45, 2.75) is 82.5 Å². The van der Waals surface area contributed by atoms with Gasteiger partial charge in [-0.25, -0.2) is 0 Å². The fourth-order valence-corrected chi connectivity index (χ4v) is 3.00. The molecular weight excluding hydrogens is 302 g/mol. The molecule has 1 saturated carbocycles. The second-order valence-electron chi connectivity index (χ2n) is 5.64. The van der Waals surface area contributed by atoms with Gasteiger partial charge < -0.3 is 4.57 Å². The molecule has 0 aromatic carbocycles. The third-order valence-electron chi connectivity index (χ3n) is 3.87. The Bertz CT molecular complexity index is 371. The zero-order valence-corrected chi connectivity index (χ0v) is 13.7. The van der Waals surface area contributed by atoms with Crippen molar-refractivity contribution in [3.05, 3.63) is 11.6 Å². The molecule has 1 heterocycles. The predicted octanol–water partition coefficient (Wildman–Crippen LogP) is 4.80. The Labute approximate surface area is 125 Å². The number of hydrogen-bond acceptors (Lipinski definition) is 2. The zero-order valence-electron chi connectivity index (χ0n) is 12.1. The average Bonchev–Trinajstić information content (AvgIpc) is 3.18. The maximum absolute atomic E-state index is 4.38. The number of rotatable bonds is 10. The van der Waals surface area contributed by atoms with Gasteiger partial charge in [-0.15, -0.1) is 10.2 Å². The second-order valence-corrected chi connectivity index (χ2v) is 6.20. The summed E-state index contributed by atoms with van der Waals surface area (Å²) in [5, 5.41) is 9.51. The van der Waals surface area contributed by atoms with Crippen molar-refractivity contribution in [2.24, 2.45) is 0 Å². The number of unbranched alkanes of at least 4 members (excludes halogenated alkanes) is 6. The van der Waals surface area contributed by atoms with Crippen LogP contribution in [0.15, 0.2) is 0 Å². The minimum Gasteiger partial charge on any atom is -0.311 e. The van der Waals surface area contributed by atoms with Crippen molar-refractivity contribution >= 4 is 15.9 Å². The summed E-state index contributed by atoms with van der Waals surface area (Å²) in [4.78, 5) is 0. The molecular formula is C15H26BrN3. The maximum Gasteiger partial charge on any atom is 0.143 e. The number of halogens is 1. The van der Waals surface area contributed by atoms with E-state index in [1.807, 2.05) is 0 Å². The Morgan fingerprint density at radius 1 is 1.00 bits per heavy atom. The van der Waals surface area contributed by atoms with E-state index in [0.29, 0.717) is 6.04 Å². The molecule has 0 amide bonds. The van der Waals surface area contributed by atoms with Crippen molar-refractivity contribution in [1.29, 1.82) is 0 Å². The summed E-state index contributed by atoms with van der Waals surface area (Å²) in [5.74, 6) is 2.32. The molecule has 0 aliphatic heterocycles. The molecule has 1 aromatic rings. The van der Waals surface area contributed by atoms with Crippen LogP contribution in [0.4, 0.5) is 0 Å². The van der Waals surface area contributed by atoms with Crippen molar-refractivity contribution in [3.8, 4) is 0 Å². The van der Waals surface area contributed by atoms with Crippen LogP contribution in [0.5, 0.6) is 0 Å². The highest BCUT2D eigenvalue weighted by molar-refractivity contribution is 9.08. The van der Waals surface area contributed by atoms with E-state index in [-0.39, 0.29) is 0 Å². The molecule has 4 heteroatoms. The lowest BCUT2D eigenvalue weighted by Gasteiger charge is -2.07. The van der Waals surface area contributed by atoms with Crippen molar-refractivity contribution in [2.75, 3.05) is 0 Å². The molecule has 0 N–H and O–H groups in total. The molecule has 0 saturated heterocycles. The number of hydrogen-bond donors (Lipinski definition) is 0. The molecule has 1 fully saturated rings. The molecule has 0 unspecified atom stereocenters. The molecule has 2 rings (SSSR count). The Morgan fingerprint density at radius 2 is 1.63 bits per heavy atom. The van der Waals surface area contributed by atoms with Crippen LogP contribution in [-0.4, -0.2) is 14.8 Å². The monoisotopic (exact) mass is 327 g/mol. The lowest BCUT2D eigenvalue weighted by atomic mass is 10.1. The minimum absolute atomic E-state index is 0.696. The van der Waals surface area contributed by atoms with Gasteiger partial charge in [0.2, 0.25) is 0 Å². The zero-order chi connectivity index (χ0) is 13.5. The Morgan fingerprint density at radius 3 is 2.26 bits per heavy atom. The van der Waals surface area contributed by atoms with E-state index in [1.165, 1.54) is 63.6 Å². The van der Waals surface area contributed by atoms with E-state index in [0.717, 1.165) is 17.6 Å². The summed E-state index contributed by atoms with van der Waals surface area (Å²) in [6.07, 6.45) is 13.2. The SMILES string of the molecule is CCCCCCCCCc1nnc(CBr)n1C1CC1. The van der Waals surface area contributed by atoms with Crippen molar-refractivity contribution in [1.82, 2.24) is 14.8 Å². The van der Waals surface area contributed by atoms with Crippen LogP contribution in [0, 0.1) is 0 Å².